The molecule has 0 unspecified atom stereocenters. The van der Waals surface area contributed by atoms with Gasteiger partial charge in [0.2, 0.25) is 0 Å². The first-order valence-corrected chi connectivity index (χ1v) is 3.25. The monoisotopic (exact) mass is 111 g/mol. The Balaban J connectivity index is 2.45. The van der Waals surface area contributed by atoms with Crippen molar-refractivity contribution in [3.63, 3.8) is 0 Å². The minimum Gasteiger partial charge on any atom is -0.324 e. The Morgan fingerprint density at radius 3 is 2.75 bits per heavy atom. The molecule has 1 nitrogen and oxygen atoms in total. The molecule has 0 fully saturated rings. The van der Waals surface area contributed by atoms with Gasteiger partial charge in [-0.25, -0.2) is 0 Å². The zero-order chi connectivity index (χ0) is 5.98. The van der Waals surface area contributed by atoms with Crippen LogP contribution in [-0.4, -0.2) is 6.04 Å². The van der Waals surface area contributed by atoms with Crippen molar-refractivity contribution in [1.82, 2.24) is 0 Å². The van der Waals surface area contributed by atoms with E-state index in [1.54, 1.807) is 0 Å². The van der Waals surface area contributed by atoms with Crippen molar-refractivity contribution in [3.8, 4) is 0 Å². The molecule has 0 spiro atoms. The van der Waals surface area contributed by atoms with Crippen LogP contribution in [0.3, 0.4) is 0 Å². The Morgan fingerprint density at radius 2 is 2.50 bits per heavy atom. The van der Waals surface area contributed by atoms with E-state index in [1.165, 1.54) is 24.8 Å². The summed E-state index contributed by atoms with van der Waals surface area (Å²) >= 11 is 0. The standard InChI is InChI=1S/C7H13N/c1-6(8)7-4-2-3-5-7/h4,6H,2-3,5,8H2,1H3/t6-/m1/s1. The molecule has 0 aromatic carbocycles. The average Bonchev–Trinajstić information content (AvgIpc) is 2.12. The second-order valence-electron chi connectivity index (χ2n) is 2.46. The largest absolute Gasteiger partial charge is 0.324 e. The van der Waals surface area contributed by atoms with E-state index in [2.05, 4.69) is 13.0 Å². The number of nitrogens with two attached hydrogens (primary N) is 1. The highest BCUT2D eigenvalue weighted by Crippen LogP contribution is 2.18. The van der Waals surface area contributed by atoms with Gasteiger partial charge in [0, 0.05) is 6.04 Å². The molecule has 1 atom stereocenters. The van der Waals surface area contributed by atoms with E-state index in [0.717, 1.165) is 0 Å². The first-order valence-electron chi connectivity index (χ1n) is 3.25. The van der Waals surface area contributed by atoms with Crippen molar-refractivity contribution in [2.45, 2.75) is 32.2 Å². The fourth-order valence-electron chi connectivity index (χ4n) is 1.11. The van der Waals surface area contributed by atoms with Crippen molar-refractivity contribution in [3.05, 3.63) is 11.6 Å². The van der Waals surface area contributed by atoms with Gasteiger partial charge in [-0.05, 0) is 26.2 Å². The summed E-state index contributed by atoms with van der Waals surface area (Å²) in [5.74, 6) is 0. The molecular formula is C7H13N. The van der Waals surface area contributed by atoms with E-state index in [-0.39, 0.29) is 0 Å². The second kappa shape index (κ2) is 2.31. The average molecular weight is 111 g/mol. The van der Waals surface area contributed by atoms with Crippen molar-refractivity contribution in [1.29, 1.82) is 0 Å². The van der Waals surface area contributed by atoms with Crippen LogP contribution in [0.25, 0.3) is 0 Å². The fourth-order valence-corrected chi connectivity index (χ4v) is 1.11. The van der Waals surface area contributed by atoms with Gasteiger partial charge in [0.15, 0.2) is 0 Å². The second-order valence-corrected chi connectivity index (χ2v) is 2.46. The topological polar surface area (TPSA) is 26.0 Å². The first kappa shape index (κ1) is 5.83. The van der Waals surface area contributed by atoms with Gasteiger partial charge in [-0.3, -0.25) is 0 Å². The van der Waals surface area contributed by atoms with Crippen molar-refractivity contribution in [2.75, 3.05) is 0 Å². The van der Waals surface area contributed by atoms with Crippen molar-refractivity contribution < 1.29 is 0 Å². The maximum Gasteiger partial charge on any atom is 0.0224 e. The summed E-state index contributed by atoms with van der Waals surface area (Å²) in [4.78, 5) is 0. The Kier molecular flexibility index (Phi) is 1.69. The van der Waals surface area contributed by atoms with Crippen LogP contribution in [0, 0.1) is 0 Å². The van der Waals surface area contributed by atoms with E-state index in [9.17, 15) is 0 Å². The zero-order valence-electron chi connectivity index (χ0n) is 5.35. The molecule has 46 valence electrons. The summed E-state index contributed by atoms with van der Waals surface area (Å²) in [5.41, 5.74) is 7.08. The van der Waals surface area contributed by atoms with E-state index in [1.807, 2.05) is 0 Å². The maximum absolute atomic E-state index is 5.63. The molecule has 0 heterocycles. The Bertz CT molecular complexity index is 103. The smallest absolute Gasteiger partial charge is 0.0224 e. The van der Waals surface area contributed by atoms with E-state index >= 15 is 0 Å². The minimum absolute atomic E-state index is 0.303. The van der Waals surface area contributed by atoms with Gasteiger partial charge < -0.3 is 5.73 Å². The number of hydrogen-bond donors (Lipinski definition) is 1. The summed E-state index contributed by atoms with van der Waals surface area (Å²) in [6.45, 7) is 2.05. The van der Waals surface area contributed by atoms with Crippen LogP contribution < -0.4 is 5.73 Å². The summed E-state index contributed by atoms with van der Waals surface area (Å²) < 4.78 is 0. The Morgan fingerprint density at radius 1 is 1.75 bits per heavy atom. The van der Waals surface area contributed by atoms with E-state index in [4.69, 9.17) is 5.73 Å². The van der Waals surface area contributed by atoms with Gasteiger partial charge in [-0.15, -0.1) is 0 Å². The lowest BCUT2D eigenvalue weighted by Gasteiger charge is -2.03. The Hall–Kier alpha value is -0.300. The predicted molar refractivity (Wildman–Crippen MR) is 35.6 cm³/mol. The van der Waals surface area contributed by atoms with E-state index < -0.39 is 0 Å². The Labute approximate surface area is 50.6 Å². The van der Waals surface area contributed by atoms with Crippen LogP contribution >= 0.6 is 0 Å². The SMILES string of the molecule is C[C@@H](N)C1=CCCC1. The summed E-state index contributed by atoms with van der Waals surface area (Å²) in [5, 5.41) is 0. The summed E-state index contributed by atoms with van der Waals surface area (Å²) in [6.07, 6.45) is 6.07. The van der Waals surface area contributed by atoms with Gasteiger partial charge in [0.25, 0.3) is 0 Å². The molecule has 1 rings (SSSR count). The molecule has 0 bridgehead atoms. The third-order valence-corrected chi connectivity index (χ3v) is 1.66. The number of allylic oxidation sites excluding steroid dienone is 1. The van der Waals surface area contributed by atoms with Gasteiger partial charge in [-0.2, -0.15) is 0 Å². The van der Waals surface area contributed by atoms with Gasteiger partial charge in [-0.1, -0.05) is 11.6 Å². The van der Waals surface area contributed by atoms with Gasteiger partial charge >= 0.3 is 0 Å². The molecule has 8 heavy (non-hydrogen) atoms. The molecule has 0 aromatic heterocycles. The molecule has 0 saturated heterocycles. The lowest BCUT2D eigenvalue weighted by atomic mass is 10.1. The van der Waals surface area contributed by atoms with Crippen LogP contribution in [0.2, 0.25) is 0 Å². The molecule has 0 aliphatic heterocycles. The van der Waals surface area contributed by atoms with E-state index in [0.29, 0.717) is 6.04 Å². The predicted octanol–water partition coefficient (Wildman–Crippen LogP) is 1.44. The van der Waals surface area contributed by atoms with Crippen LogP contribution in [0.15, 0.2) is 11.6 Å². The zero-order valence-corrected chi connectivity index (χ0v) is 5.35. The van der Waals surface area contributed by atoms with Crippen molar-refractivity contribution >= 4 is 0 Å². The van der Waals surface area contributed by atoms with Gasteiger partial charge in [0.05, 0.1) is 0 Å². The number of rotatable bonds is 1. The first-order chi connectivity index (χ1) is 3.80. The number of hydrogen-bond acceptors (Lipinski definition) is 1. The van der Waals surface area contributed by atoms with Crippen molar-refractivity contribution in [2.24, 2.45) is 5.73 Å². The van der Waals surface area contributed by atoms with Crippen LogP contribution in [0.4, 0.5) is 0 Å². The highest BCUT2D eigenvalue weighted by atomic mass is 14.6. The summed E-state index contributed by atoms with van der Waals surface area (Å²) in [7, 11) is 0. The quantitative estimate of drug-likeness (QED) is 0.509. The molecule has 2 N–H and O–H groups in total. The highest BCUT2D eigenvalue weighted by Gasteiger charge is 2.06. The van der Waals surface area contributed by atoms with Gasteiger partial charge in [0.1, 0.15) is 0 Å². The molecule has 0 amide bonds. The molecule has 1 aliphatic rings. The van der Waals surface area contributed by atoms with Crippen LogP contribution in [0.5, 0.6) is 0 Å². The molecule has 1 aliphatic carbocycles. The lowest BCUT2D eigenvalue weighted by Crippen LogP contribution is -2.16. The molecule has 0 saturated carbocycles. The highest BCUT2D eigenvalue weighted by molar-refractivity contribution is 5.12. The molecule has 1 heteroatoms. The maximum atomic E-state index is 5.63. The van der Waals surface area contributed by atoms with Crippen LogP contribution in [0.1, 0.15) is 26.2 Å². The lowest BCUT2D eigenvalue weighted by molar-refractivity contribution is 0.795. The molecule has 0 aromatic rings. The minimum atomic E-state index is 0.303. The molecule has 0 radical (unpaired) electrons. The fraction of sp³-hybridized carbons (Fsp3) is 0.714. The van der Waals surface area contributed by atoms with Crippen LogP contribution in [-0.2, 0) is 0 Å². The normalized spacial score (nSPS) is 23.0. The molecular weight excluding hydrogens is 98.1 g/mol. The third kappa shape index (κ3) is 1.10. The third-order valence-electron chi connectivity index (χ3n) is 1.66. The summed E-state index contributed by atoms with van der Waals surface area (Å²) in [6, 6.07) is 0.303.